The smallest absolute Gasteiger partial charge is 0.305 e. The average molecular weight is 433 g/mol. The van der Waals surface area contributed by atoms with Gasteiger partial charge in [0.05, 0.1) is 11.3 Å². The molecule has 1 aliphatic rings. The highest BCUT2D eigenvalue weighted by atomic mass is 35.5. The molecule has 1 fully saturated rings. The largest absolute Gasteiger partial charge is 0.481 e. The van der Waals surface area contributed by atoms with Gasteiger partial charge < -0.3 is 10.0 Å². The number of carboxylic acids is 1. The van der Waals surface area contributed by atoms with Crippen LogP contribution in [0.3, 0.4) is 0 Å². The molecule has 140 valence electrons. The predicted molar refractivity (Wildman–Crippen MR) is 112 cm³/mol. The van der Waals surface area contributed by atoms with Crippen LogP contribution in [0.2, 0.25) is 0 Å². The van der Waals surface area contributed by atoms with E-state index >= 15 is 0 Å². The van der Waals surface area contributed by atoms with Crippen LogP contribution in [0.4, 0.5) is 5.69 Å². The van der Waals surface area contributed by atoms with Crippen molar-refractivity contribution in [2.45, 2.75) is 6.42 Å². The highest BCUT2D eigenvalue weighted by Crippen LogP contribution is 2.32. The van der Waals surface area contributed by atoms with Crippen molar-refractivity contribution in [2.24, 2.45) is 0 Å². The van der Waals surface area contributed by atoms with Crippen molar-refractivity contribution >= 4 is 75.1 Å². The van der Waals surface area contributed by atoms with Crippen LogP contribution in [-0.4, -0.2) is 57.6 Å². The summed E-state index contributed by atoms with van der Waals surface area (Å²) in [5.74, 6) is -0.192. The van der Waals surface area contributed by atoms with Gasteiger partial charge >= 0.3 is 5.97 Å². The maximum Gasteiger partial charge on any atom is 0.305 e. The molecule has 1 aromatic rings. The zero-order chi connectivity index (χ0) is 19.1. The normalized spacial score (nSPS) is 15.8. The van der Waals surface area contributed by atoms with Crippen molar-refractivity contribution in [3.05, 3.63) is 34.7 Å². The number of anilines is 1. The van der Waals surface area contributed by atoms with Crippen molar-refractivity contribution in [1.29, 1.82) is 0 Å². The highest BCUT2D eigenvalue weighted by molar-refractivity contribution is 8.26. The second-order valence-corrected chi connectivity index (χ2v) is 7.87. The first-order valence-electron chi connectivity index (χ1n) is 7.90. The van der Waals surface area contributed by atoms with Crippen molar-refractivity contribution in [1.82, 2.24) is 4.90 Å². The molecule has 0 saturated carbocycles. The van der Waals surface area contributed by atoms with Gasteiger partial charge in [0.1, 0.15) is 4.32 Å². The number of nitrogens with zero attached hydrogens (tertiary/aromatic N) is 2. The number of alkyl halides is 2. The lowest BCUT2D eigenvalue weighted by atomic mass is 10.1. The number of carbonyl (C=O) groups is 2. The molecular formula is C17H18Cl2N2O3S2. The van der Waals surface area contributed by atoms with Crippen molar-refractivity contribution in [3.63, 3.8) is 0 Å². The number of carboxylic acid groups (broad SMARTS) is 1. The van der Waals surface area contributed by atoms with Gasteiger partial charge in [0.2, 0.25) is 0 Å². The van der Waals surface area contributed by atoms with E-state index in [2.05, 4.69) is 4.90 Å². The summed E-state index contributed by atoms with van der Waals surface area (Å²) in [6.07, 6.45) is 1.63. The number of thioether (sulfide) groups is 1. The van der Waals surface area contributed by atoms with Gasteiger partial charge in [-0.1, -0.05) is 36.1 Å². The molecule has 0 aromatic heterocycles. The van der Waals surface area contributed by atoms with Crippen LogP contribution < -0.4 is 4.90 Å². The number of amides is 1. The fourth-order valence-corrected chi connectivity index (χ4v) is 4.12. The summed E-state index contributed by atoms with van der Waals surface area (Å²) < 4.78 is 0.384. The lowest BCUT2D eigenvalue weighted by Gasteiger charge is -2.22. The Morgan fingerprint density at radius 1 is 1.23 bits per heavy atom. The van der Waals surface area contributed by atoms with E-state index in [1.54, 1.807) is 6.08 Å². The standard InChI is InChI=1S/C17H18Cl2N2O3S2/c18-6-9-20(10-7-19)13-3-1-12(2-4-13)11-14-16(24)21(17(25)26-14)8-5-15(22)23/h1-4,11H,5-10H2,(H,22,23)/b14-11+. The zero-order valence-electron chi connectivity index (χ0n) is 13.9. The van der Waals surface area contributed by atoms with E-state index in [1.165, 1.54) is 16.7 Å². The SMILES string of the molecule is O=C(O)CCN1C(=O)/C(=C\c2ccc(N(CCCl)CCCl)cc2)SC1=S. The lowest BCUT2D eigenvalue weighted by molar-refractivity contribution is -0.137. The summed E-state index contributed by atoms with van der Waals surface area (Å²) in [6, 6.07) is 7.73. The Labute approximate surface area is 171 Å². The van der Waals surface area contributed by atoms with E-state index in [1.807, 2.05) is 24.3 Å². The number of hydrogen-bond donors (Lipinski definition) is 1. The highest BCUT2D eigenvalue weighted by Gasteiger charge is 2.31. The molecule has 1 aliphatic heterocycles. The molecule has 1 heterocycles. The Balaban J connectivity index is 2.10. The van der Waals surface area contributed by atoms with Gasteiger partial charge in [-0.2, -0.15) is 0 Å². The minimum absolute atomic E-state index is 0.0854. The average Bonchev–Trinajstić information content (AvgIpc) is 2.87. The Morgan fingerprint density at radius 3 is 2.38 bits per heavy atom. The molecule has 1 N–H and O–H groups in total. The molecule has 5 nitrogen and oxygen atoms in total. The van der Waals surface area contributed by atoms with Crippen LogP contribution in [0, 0.1) is 0 Å². The van der Waals surface area contributed by atoms with Crippen LogP contribution in [-0.2, 0) is 9.59 Å². The van der Waals surface area contributed by atoms with E-state index in [4.69, 9.17) is 40.5 Å². The number of carbonyl (C=O) groups excluding carboxylic acids is 1. The molecule has 0 atom stereocenters. The third-order valence-corrected chi connectivity index (χ3v) is 5.40. The summed E-state index contributed by atoms with van der Waals surface area (Å²) in [4.78, 5) is 27.0. The summed E-state index contributed by atoms with van der Waals surface area (Å²) in [7, 11) is 0. The van der Waals surface area contributed by atoms with Crippen LogP contribution in [0.15, 0.2) is 29.2 Å². The van der Waals surface area contributed by atoms with E-state index < -0.39 is 5.97 Å². The van der Waals surface area contributed by atoms with E-state index in [0.717, 1.165) is 11.3 Å². The van der Waals surface area contributed by atoms with Gasteiger partial charge in [-0.25, -0.2) is 0 Å². The minimum Gasteiger partial charge on any atom is -0.481 e. The molecule has 9 heteroatoms. The first-order valence-corrected chi connectivity index (χ1v) is 10.2. The van der Waals surface area contributed by atoms with Crippen LogP contribution >= 0.6 is 47.2 Å². The van der Waals surface area contributed by atoms with E-state index in [0.29, 0.717) is 34.1 Å². The Hall–Kier alpha value is -1.28. The second kappa shape index (κ2) is 10.2. The predicted octanol–water partition coefficient (Wildman–Crippen LogP) is 3.65. The van der Waals surface area contributed by atoms with Crippen LogP contribution in [0.25, 0.3) is 6.08 Å². The molecule has 0 unspecified atom stereocenters. The molecule has 26 heavy (non-hydrogen) atoms. The molecular weight excluding hydrogens is 415 g/mol. The van der Waals surface area contributed by atoms with Crippen molar-refractivity contribution in [2.75, 3.05) is 36.3 Å². The monoisotopic (exact) mass is 432 g/mol. The van der Waals surface area contributed by atoms with Crippen LogP contribution in [0.1, 0.15) is 12.0 Å². The fraction of sp³-hybridized carbons (Fsp3) is 0.353. The molecule has 0 aliphatic carbocycles. The van der Waals surface area contributed by atoms with Crippen molar-refractivity contribution in [3.8, 4) is 0 Å². The van der Waals surface area contributed by atoms with E-state index in [9.17, 15) is 9.59 Å². The summed E-state index contributed by atoms with van der Waals surface area (Å²) in [5.41, 5.74) is 1.88. The third kappa shape index (κ3) is 5.61. The van der Waals surface area contributed by atoms with Gasteiger partial charge in [-0.15, -0.1) is 23.2 Å². The lowest BCUT2D eigenvalue weighted by Crippen LogP contribution is -2.30. The first-order chi connectivity index (χ1) is 12.5. The van der Waals surface area contributed by atoms with Gasteiger partial charge in [-0.3, -0.25) is 14.5 Å². The number of halogens is 2. The quantitative estimate of drug-likeness (QED) is 0.365. The number of benzene rings is 1. The van der Waals surface area contributed by atoms with Gasteiger partial charge in [0, 0.05) is 37.1 Å². The second-order valence-electron chi connectivity index (χ2n) is 5.43. The fourth-order valence-electron chi connectivity index (χ4n) is 2.41. The number of thiocarbonyl (C=S) groups is 1. The number of rotatable bonds is 9. The topological polar surface area (TPSA) is 60.9 Å². The summed E-state index contributed by atoms with van der Waals surface area (Å²) in [6.45, 7) is 1.49. The van der Waals surface area contributed by atoms with Crippen LogP contribution in [0.5, 0.6) is 0 Å². The molecule has 1 amide bonds. The Morgan fingerprint density at radius 2 is 1.85 bits per heavy atom. The first kappa shape index (κ1) is 21.0. The molecule has 0 radical (unpaired) electrons. The zero-order valence-corrected chi connectivity index (χ0v) is 17.0. The summed E-state index contributed by atoms with van der Waals surface area (Å²) >= 11 is 18.0. The summed E-state index contributed by atoms with van der Waals surface area (Å²) in [5, 5.41) is 8.77. The molecule has 1 aromatic carbocycles. The maximum atomic E-state index is 12.4. The minimum atomic E-state index is -0.961. The number of hydrogen-bond acceptors (Lipinski definition) is 5. The van der Waals surface area contributed by atoms with Gasteiger partial charge in [-0.05, 0) is 23.8 Å². The van der Waals surface area contributed by atoms with Gasteiger partial charge in [0.25, 0.3) is 5.91 Å². The Kier molecular flexibility index (Phi) is 8.21. The molecule has 1 saturated heterocycles. The maximum absolute atomic E-state index is 12.4. The molecule has 2 rings (SSSR count). The molecule has 0 bridgehead atoms. The van der Waals surface area contributed by atoms with Crippen molar-refractivity contribution < 1.29 is 14.7 Å². The van der Waals surface area contributed by atoms with E-state index in [-0.39, 0.29) is 18.9 Å². The van der Waals surface area contributed by atoms with Gasteiger partial charge in [0.15, 0.2) is 0 Å². The third-order valence-electron chi connectivity index (χ3n) is 3.69. The number of aliphatic carboxylic acids is 1. The Bertz CT molecular complexity index is 704. The molecule has 0 spiro atoms.